The van der Waals surface area contributed by atoms with Crippen molar-refractivity contribution in [2.45, 2.75) is 47.1 Å². The van der Waals surface area contributed by atoms with Crippen LogP contribution in [0.15, 0.2) is 0 Å². The van der Waals surface area contributed by atoms with Gasteiger partial charge in [0.15, 0.2) is 0 Å². The van der Waals surface area contributed by atoms with Crippen molar-refractivity contribution in [2.75, 3.05) is 26.2 Å². The predicted octanol–water partition coefficient (Wildman–Crippen LogP) is 2.60. The average Bonchev–Trinajstić information content (AvgIpc) is 2.49. The summed E-state index contributed by atoms with van der Waals surface area (Å²) in [5.74, 6) is 2.40. The Balaban J connectivity index is 2.41. The molecule has 1 rings (SSSR count). The third kappa shape index (κ3) is 4.84. The monoisotopic (exact) mass is 226 g/mol. The highest BCUT2D eigenvalue weighted by Gasteiger charge is 2.25. The predicted molar refractivity (Wildman–Crippen MR) is 71.7 cm³/mol. The molecule has 1 aliphatic heterocycles. The lowest BCUT2D eigenvalue weighted by molar-refractivity contribution is 0.191. The van der Waals surface area contributed by atoms with Crippen LogP contribution in [-0.2, 0) is 0 Å². The molecule has 0 aliphatic carbocycles. The van der Waals surface area contributed by atoms with Crippen LogP contribution in [-0.4, -0.2) is 37.1 Å². The van der Waals surface area contributed by atoms with Gasteiger partial charge in [-0.2, -0.15) is 0 Å². The molecule has 2 heteroatoms. The Morgan fingerprint density at radius 2 is 1.69 bits per heavy atom. The third-order valence-electron chi connectivity index (χ3n) is 3.39. The van der Waals surface area contributed by atoms with Gasteiger partial charge in [0, 0.05) is 25.7 Å². The molecule has 2 atom stereocenters. The van der Waals surface area contributed by atoms with Gasteiger partial charge in [-0.25, -0.2) is 0 Å². The van der Waals surface area contributed by atoms with E-state index in [-0.39, 0.29) is 0 Å². The Hall–Kier alpha value is -0.0800. The Kier molecular flexibility index (Phi) is 5.77. The number of hydrogen-bond donors (Lipinski definition) is 1. The maximum Gasteiger partial charge on any atom is 0.0221 e. The number of hydrogen-bond acceptors (Lipinski definition) is 2. The summed E-state index contributed by atoms with van der Waals surface area (Å²) in [5, 5.41) is 3.64. The molecule has 2 unspecified atom stereocenters. The fraction of sp³-hybridized carbons (Fsp3) is 1.00. The van der Waals surface area contributed by atoms with Gasteiger partial charge in [-0.3, -0.25) is 0 Å². The number of nitrogens with zero attached hydrogens (tertiary/aromatic N) is 1. The quantitative estimate of drug-likeness (QED) is 0.749. The summed E-state index contributed by atoms with van der Waals surface area (Å²) in [6.07, 6.45) is 1.35. The SMILES string of the molecule is CC(C)CN(CC(C)C)CC1NCCC1C. The summed E-state index contributed by atoms with van der Waals surface area (Å²) in [5.41, 5.74) is 0. The molecule has 1 N–H and O–H groups in total. The molecule has 1 fully saturated rings. The van der Waals surface area contributed by atoms with Crippen molar-refractivity contribution < 1.29 is 0 Å². The first-order chi connectivity index (χ1) is 7.49. The van der Waals surface area contributed by atoms with E-state index >= 15 is 0 Å². The molecular weight excluding hydrogens is 196 g/mol. The van der Waals surface area contributed by atoms with Crippen LogP contribution in [0.25, 0.3) is 0 Å². The van der Waals surface area contributed by atoms with Gasteiger partial charge in [0.25, 0.3) is 0 Å². The highest BCUT2D eigenvalue weighted by molar-refractivity contribution is 4.84. The van der Waals surface area contributed by atoms with Crippen LogP contribution < -0.4 is 5.32 Å². The summed E-state index contributed by atoms with van der Waals surface area (Å²) >= 11 is 0. The van der Waals surface area contributed by atoms with Gasteiger partial charge in [-0.05, 0) is 30.7 Å². The normalized spacial score (nSPS) is 26.2. The third-order valence-corrected chi connectivity index (χ3v) is 3.39. The second kappa shape index (κ2) is 6.61. The van der Waals surface area contributed by atoms with Crippen molar-refractivity contribution in [1.29, 1.82) is 0 Å². The first-order valence-electron chi connectivity index (χ1n) is 6.94. The van der Waals surface area contributed by atoms with Crippen LogP contribution in [0.4, 0.5) is 0 Å². The van der Waals surface area contributed by atoms with E-state index < -0.39 is 0 Å². The molecule has 0 saturated carbocycles. The molecule has 0 bridgehead atoms. The Morgan fingerprint density at radius 3 is 2.06 bits per heavy atom. The minimum atomic E-state index is 0.720. The van der Waals surface area contributed by atoms with Crippen LogP contribution >= 0.6 is 0 Å². The molecule has 2 nitrogen and oxygen atoms in total. The van der Waals surface area contributed by atoms with Gasteiger partial charge in [0.2, 0.25) is 0 Å². The molecule has 1 aliphatic rings. The lowest BCUT2D eigenvalue weighted by Gasteiger charge is -2.30. The molecule has 0 radical (unpaired) electrons. The zero-order valence-corrected chi connectivity index (χ0v) is 11.8. The van der Waals surface area contributed by atoms with Crippen molar-refractivity contribution in [3.05, 3.63) is 0 Å². The first kappa shape index (κ1) is 14.0. The molecular formula is C14H30N2. The van der Waals surface area contributed by atoms with Crippen LogP contribution in [0.3, 0.4) is 0 Å². The van der Waals surface area contributed by atoms with Crippen LogP contribution in [0.2, 0.25) is 0 Å². The van der Waals surface area contributed by atoms with Gasteiger partial charge < -0.3 is 10.2 Å². The summed E-state index contributed by atoms with van der Waals surface area (Å²) in [4.78, 5) is 2.65. The minimum Gasteiger partial charge on any atom is -0.312 e. The molecule has 0 aromatic carbocycles. The number of nitrogens with one attached hydrogen (secondary N) is 1. The van der Waals surface area contributed by atoms with Gasteiger partial charge in [0.1, 0.15) is 0 Å². The van der Waals surface area contributed by atoms with E-state index in [0.29, 0.717) is 0 Å². The minimum absolute atomic E-state index is 0.720. The highest BCUT2D eigenvalue weighted by atomic mass is 15.2. The van der Waals surface area contributed by atoms with E-state index in [9.17, 15) is 0 Å². The first-order valence-corrected chi connectivity index (χ1v) is 6.94. The zero-order valence-electron chi connectivity index (χ0n) is 11.8. The molecule has 16 heavy (non-hydrogen) atoms. The van der Waals surface area contributed by atoms with E-state index in [2.05, 4.69) is 44.8 Å². The maximum atomic E-state index is 3.64. The largest absolute Gasteiger partial charge is 0.312 e. The topological polar surface area (TPSA) is 15.3 Å². The summed E-state index contributed by atoms with van der Waals surface area (Å²) < 4.78 is 0. The van der Waals surface area contributed by atoms with Crippen LogP contribution in [0.1, 0.15) is 41.0 Å². The smallest absolute Gasteiger partial charge is 0.0221 e. The Labute approximate surface area is 102 Å². The van der Waals surface area contributed by atoms with E-state index in [1.165, 1.54) is 32.6 Å². The fourth-order valence-corrected chi connectivity index (χ4v) is 2.68. The maximum absolute atomic E-state index is 3.64. The summed E-state index contributed by atoms with van der Waals surface area (Å²) in [6.45, 7) is 16.6. The standard InChI is InChI=1S/C14H30N2/c1-11(2)8-16(9-12(3)4)10-14-13(5)6-7-15-14/h11-15H,6-10H2,1-5H3. The van der Waals surface area contributed by atoms with Crippen LogP contribution in [0.5, 0.6) is 0 Å². The van der Waals surface area contributed by atoms with E-state index in [1.54, 1.807) is 0 Å². The fourth-order valence-electron chi connectivity index (χ4n) is 2.68. The van der Waals surface area contributed by atoms with E-state index in [4.69, 9.17) is 0 Å². The molecule has 0 aromatic rings. The molecule has 0 amide bonds. The lowest BCUT2D eigenvalue weighted by atomic mass is 10.0. The van der Waals surface area contributed by atoms with Crippen molar-refractivity contribution >= 4 is 0 Å². The van der Waals surface area contributed by atoms with Gasteiger partial charge in [-0.1, -0.05) is 34.6 Å². The second-order valence-electron chi connectivity index (χ2n) is 6.33. The molecule has 0 spiro atoms. The Bertz CT molecular complexity index is 179. The Morgan fingerprint density at radius 1 is 1.12 bits per heavy atom. The van der Waals surface area contributed by atoms with E-state index in [1.807, 2.05) is 0 Å². The van der Waals surface area contributed by atoms with Crippen molar-refractivity contribution in [2.24, 2.45) is 17.8 Å². The van der Waals surface area contributed by atoms with Gasteiger partial charge >= 0.3 is 0 Å². The summed E-state index contributed by atoms with van der Waals surface area (Å²) in [7, 11) is 0. The average molecular weight is 226 g/mol. The second-order valence-corrected chi connectivity index (χ2v) is 6.33. The number of rotatable bonds is 6. The highest BCUT2D eigenvalue weighted by Crippen LogP contribution is 2.16. The van der Waals surface area contributed by atoms with Crippen molar-refractivity contribution in [1.82, 2.24) is 10.2 Å². The molecule has 96 valence electrons. The zero-order chi connectivity index (χ0) is 12.1. The van der Waals surface area contributed by atoms with Gasteiger partial charge in [0.05, 0.1) is 0 Å². The molecule has 1 saturated heterocycles. The molecule has 0 aromatic heterocycles. The van der Waals surface area contributed by atoms with Crippen molar-refractivity contribution in [3.8, 4) is 0 Å². The van der Waals surface area contributed by atoms with Crippen LogP contribution in [0, 0.1) is 17.8 Å². The summed E-state index contributed by atoms with van der Waals surface area (Å²) in [6, 6.07) is 0.720. The lowest BCUT2D eigenvalue weighted by Crippen LogP contribution is -2.43. The van der Waals surface area contributed by atoms with E-state index in [0.717, 1.165) is 23.8 Å². The van der Waals surface area contributed by atoms with Gasteiger partial charge in [-0.15, -0.1) is 0 Å². The molecule has 1 heterocycles. The van der Waals surface area contributed by atoms with Crippen molar-refractivity contribution in [3.63, 3.8) is 0 Å².